The number of aromatic nitrogens is 2. The molecule has 2 aromatic rings. The van der Waals surface area contributed by atoms with Crippen LogP contribution in [0.1, 0.15) is 36.7 Å². The molecular formula is C14H15FN2O. The monoisotopic (exact) mass is 246 g/mol. The van der Waals surface area contributed by atoms with E-state index < -0.39 is 0 Å². The molecule has 0 radical (unpaired) electrons. The number of hydrogen-bond donors (Lipinski definition) is 0. The number of hydrogen-bond acceptors (Lipinski definition) is 2. The predicted octanol–water partition coefficient (Wildman–Crippen LogP) is 3.47. The zero-order valence-corrected chi connectivity index (χ0v) is 10.4. The minimum Gasteiger partial charge on any atom is -0.298 e. The van der Waals surface area contributed by atoms with E-state index in [0.29, 0.717) is 23.1 Å². The zero-order valence-electron chi connectivity index (χ0n) is 10.4. The number of benzene rings is 1. The van der Waals surface area contributed by atoms with Crippen molar-refractivity contribution in [3.05, 3.63) is 41.8 Å². The summed E-state index contributed by atoms with van der Waals surface area (Å²) in [4.78, 5) is 11.1. The molecule has 3 nitrogen and oxygen atoms in total. The van der Waals surface area contributed by atoms with Gasteiger partial charge in [0, 0.05) is 17.8 Å². The van der Waals surface area contributed by atoms with Crippen LogP contribution in [0.2, 0.25) is 0 Å². The Labute approximate surface area is 105 Å². The lowest BCUT2D eigenvalue weighted by molar-refractivity contribution is 0.112. The van der Waals surface area contributed by atoms with Crippen molar-refractivity contribution in [2.75, 3.05) is 0 Å². The normalized spacial score (nSPS) is 12.4. The van der Waals surface area contributed by atoms with E-state index in [2.05, 4.69) is 5.10 Å². The third kappa shape index (κ3) is 2.18. The molecule has 0 N–H and O–H groups in total. The first kappa shape index (κ1) is 12.5. The number of halogens is 1. The molecule has 1 heterocycles. The van der Waals surface area contributed by atoms with Crippen LogP contribution in [0.4, 0.5) is 4.39 Å². The van der Waals surface area contributed by atoms with Crippen molar-refractivity contribution in [1.82, 2.24) is 9.78 Å². The number of nitrogens with zero attached hydrogens (tertiary/aromatic N) is 2. The van der Waals surface area contributed by atoms with Gasteiger partial charge in [-0.1, -0.05) is 19.1 Å². The van der Waals surface area contributed by atoms with Gasteiger partial charge in [0.05, 0.1) is 5.56 Å². The van der Waals surface area contributed by atoms with Crippen molar-refractivity contribution >= 4 is 6.29 Å². The minimum absolute atomic E-state index is 0.184. The van der Waals surface area contributed by atoms with Crippen molar-refractivity contribution in [1.29, 1.82) is 0 Å². The van der Waals surface area contributed by atoms with E-state index >= 15 is 0 Å². The molecule has 2 rings (SSSR count). The molecule has 94 valence electrons. The molecule has 0 bridgehead atoms. The van der Waals surface area contributed by atoms with Crippen LogP contribution in [0.5, 0.6) is 0 Å². The Kier molecular flexibility index (Phi) is 3.55. The fourth-order valence-corrected chi connectivity index (χ4v) is 1.77. The molecule has 0 saturated carbocycles. The first-order valence-electron chi connectivity index (χ1n) is 5.96. The van der Waals surface area contributed by atoms with Gasteiger partial charge in [-0.25, -0.2) is 4.39 Å². The Hall–Kier alpha value is -1.97. The van der Waals surface area contributed by atoms with Crippen LogP contribution in [-0.2, 0) is 0 Å². The van der Waals surface area contributed by atoms with E-state index in [-0.39, 0.29) is 11.9 Å². The van der Waals surface area contributed by atoms with Crippen molar-refractivity contribution < 1.29 is 9.18 Å². The van der Waals surface area contributed by atoms with Gasteiger partial charge in [-0.2, -0.15) is 5.10 Å². The molecule has 1 aromatic heterocycles. The van der Waals surface area contributed by atoms with Gasteiger partial charge in [-0.05, 0) is 25.5 Å². The fraction of sp³-hybridized carbons (Fsp3) is 0.286. The highest BCUT2D eigenvalue weighted by Gasteiger charge is 2.15. The molecule has 0 aliphatic heterocycles. The van der Waals surface area contributed by atoms with Crippen LogP contribution >= 0.6 is 0 Å². The highest BCUT2D eigenvalue weighted by Crippen LogP contribution is 2.25. The molecule has 1 atom stereocenters. The van der Waals surface area contributed by atoms with Crippen molar-refractivity contribution in [3.8, 4) is 11.3 Å². The average Bonchev–Trinajstić information content (AvgIpc) is 2.82. The van der Waals surface area contributed by atoms with Crippen LogP contribution in [-0.4, -0.2) is 16.1 Å². The average molecular weight is 246 g/mol. The zero-order chi connectivity index (χ0) is 13.1. The van der Waals surface area contributed by atoms with Gasteiger partial charge in [-0.3, -0.25) is 9.48 Å². The molecule has 18 heavy (non-hydrogen) atoms. The second kappa shape index (κ2) is 5.12. The van der Waals surface area contributed by atoms with Crippen LogP contribution in [0, 0.1) is 5.82 Å². The molecule has 0 amide bonds. The first-order valence-corrected chi connectivity index (χ1v) is 5.96. The summed E-state index contributed by atoms with van der Waals surface area (Å²) < 4.78 is 15.4. The minimum atomic E-state index is -0.366. The Balaban J connectivity index is 2.54. The fourth-order valence-electron chi connectivity index (χ4n) is 1.77. The summed E-state index contributed by atoms with van der Waals surface area (Å²) in [7, 11) is 0. The molecule has 0 spiro atoms. The van der Waals surface area contributed by atoms with E-state index in [1.807, 2.05) is 13.8 Å². The predicted molar refractivity (Wildman–Crippen MR) is 68.0 cm³/mol. The number of rotatable bonds is 4. The Morgan fingerprint density at radius 2 is 2.17 bits per heavy atom. The van der Waals surface area contributed by atoms with E-state index in [9.17, 15) is 9.18 Å². The molecular weight excluding hydrogens is 231 g/mol. The Morgan fingerprint density at radius 1 is 1.44 bits per heavy atom. The summed E-state index contributed by atoms with van der Waals surface area (Å²) in [6, 6.07) is 6.53. The summed E-state index contributed by atoms with van der Waals surface area (Å²) in [6.45, 7) is 4.04. The summed E-state index contributed by atoms with van der Waals surface area (Å²) in [5.41, 5.74) is 1.19. The van der Waals surface area contributed by atoms with Gasteiger partial charge in [0.15, 0.2) is 6.29 Å². The lowest BCUT2D eigenvalue weighted by Crippen LogP contribution is -2.04. The van der Waals surface area contributed by atoms with E-state index in [4.69, 9.17) is 0 Å². The molecule has 0 fully saturated rings. The third-order valence-electron chi connectivity index (χ3n) is 3.06. The quantitative estimate of drug-likeness (QED) is 0.774. The van der Waals surface area contributed by atoms with Crippen LogP contribution in [0.15, 0.2) is 30.5 Å². The van der Waals surface area contributed by atoms with Crippen molar-refractivity contribution in [2.45, 2.75) is 26.3 Å². The number of carbonyl (C=O) groups is 1. The largest absolute Gasteiger partial charge is 0.298 e. The number of aldehydes is 1. The smallest absolute Gasteiger partial charge is 0.153 e. The van der Waals surface area contributed by atoms with Crippen LogP contribution in [0.25, 0.3) is 11.3 Å². The number of carbonyl (C=O) groups excluding carboxylic acids is 1. The molecule has 1 unspecified atom stereocenters. The summed E-state index contributed by atoms with van der Waals surface area (Å²) >= 11 is 0. The van der Waals surface area contributed by atoms with Crippen LogP contribution in [0.3, 0.4) is 0 Å². The van der Waals surface area contributed by atoms with Gasteiger partial charge >= 0.3 is 0 Å². The van der Waals surface area contributed by atoms with Crippen molar-refractivity contribution in [2.24, 2.45) is 0 Å². The standard InChI is InChI=1S/C14H15FN2O/c1-3-10(2)17-8-11(9-18)14(16-17)12-6-4-5-7-13(12)15/h4-10H,3H2,1-2H3. The third-order valence-corrected chi connectivity index (χ3v) is 3.06. The highest BCUT2D eigenvalue weighted by molar-refractivity contribution is 5.85. The van der Waals surface area contributed by atoms with E-state index in [1.165, 1.54) is 6.07 Å². The Bertz CT molecular complexity index is 563. The van der Waals surface area contributed by atoms with Gasteiger partial charge in [-0.15, -0.1) is 0 Å². The topological polar surface area (TPSA) is 34.9 Å². The summed E-state index contributed by atoms with van der Waals surface area (Å²) in [5, 5.41) is 4.33. The van der Waals surface area contributed by atoms with Gasteiger partial charge in [0.2, 0.25) is 0 Å². The second-order valence-electron chi connectivity index (χ2n) is 4.27. The summed E-state index contributed by atoms with van der Waals surface area (Å²) in [6.07, 6.45) is 3.29. The maximum atomic E-state index is 13.7. The van der Waals surface area contributed by atoms with Crippen molar-refractivity contribution in [3.63, 3.8) is 0 Å². The molecule has 4 heteroatoms. The lowest BCUT2D eigenvalue weighted by Gasteiger charge is -2.08. The molecule has 1 aromatic carbocycles. The maximum Gasteiger partial charge on any atom is 0.153 e. The first-order chi connectivity index (χ1) is 8.67. The van der Waals surface area contributed by atoms with Gasteiger partial charge in [0.1, 0.15) is 11.5 Å². The molecule has 0 aliphatic carbocycles. The van der Waals surface area contributed by atoms with E-state index in [1.54, 1.807) is 29.1 Å². The maximum absolute atomic E-state index is 13.7. The van der Waals surface area contributed by atoms with E-state index in [0.717, 1.165) is 6.42 Å². The van der Waals surface area contributed by atoms with Crippen LogP contribution < -0.4 is 0 Å². The SMILES string of the molecule is CCC(C)n1cc(C=O)c(-c2ccccc2F)n1. The molecule has 0 saturated heterocycles. The van der Waals surface area contributed by atoms with Gasteiger partial charge < -0.3 is 0 Å². The highest BCUT2D eigenvalue weighted by atomic mass is 19.1. The summed E-state index contributed by atoms with van der Waals surface area (Å²) in [5.74, 6) is -0.366. The Morgan fingerprint density at radius 3 is 2.78 bits per heavy atom. The second-order valence-corrected chi connectivity index (χ2v) is 4.27. The van der Waals surface area contributed by atoms with Gasteiger partial charge in [0.25, 0.3) is 0 Å². The lowest BCUT2D eigenvalue weighted by atomic mass is 10.1. The molecule has 0 aliphatic rings.